The Kier molecular flexibility index (Phi) is 5.86. The molecule has 0 bridgehead atoms. The van der Waals surface area contributed by atoms with E-state index in [0.717, 1.165) is 29.3 Å². The highest BCUT2D eigenvalue weighted by atomic mass is 16.3. The van der Waals surface area contributed by atoms with Gasteiger partial charge in [-0.1, -0.05) is 19.1 Å². The zero-order valence-corrected chi connectivity index (χ0v) is 15.9. The number of carbonyl (C=O) groups excluding carboxylic acids is 1. The molecule has 0 aliphatic rings. The number of anilines is 1. The van der Waals surface area contributed by atoms with Gasteiger partial charge < -0.3 is 14.2 Å². The van der Waals surface area contributed by atoms with Crippen LogP contribution in [0.15, 0.2) is 59.5 Å². The summed E-state index contributed by atoms with van der Waals surface area (Å²) in [5, 5.41) is 0. The second kappa shape index (κ2) is 8.49. The van der Waals surface area contributed by atoms with Gasteiger partial charge in [0.05, 0.1) is 12.8 Å². The fraction of sp³-hybridized carbons (Fsp3) is 0.286. The molecule has 6 heteroatoms. The van der Waals surface area contributed by atoms with Crippen molar-refractivity contribution in [1.82, 2.24) is 14.9 Å². The molecular formula is C21H24N4O2. The van der Waals surface area contributed by atoms with Crippen LogP contribution < -0.4 is 4.90 Å². The molecule has 27 heavy (non-hydrogen) atoms. The average molecular weight is 364 g/mol. The van der Waals surface area contributed by atoms with Crippen LogP contribution in [0.25, 0.3) is 11.3 Å². The predicted octanol–water partition coefficient (Wildman–Crippen LogP) is 3.86. The molecular weight excluding hydrogens is 340 g/mol. The van der Waals surface area contributed by atoms with Crippen molar-refractivity contribution in [2.45, 2.75) is 19.9 Å². The van der Waals surface area contributed by atoms with E-state index in [1.165, 1.54) is 0 Å². The highest BCUT2D eigenvalue weighted by molar-refractivity contribution is 5.94. The van der Waals surface area contributed by atoms with Gasteiger partial charge >= 0.3 is 0 Å². The highest BCUT2D eigenvalue weighted by Crippen LogP contribution is 2.25. The van der Waals surface area contributed by atoms with E-state index in [4.69, 9.17) is 4.42 Å². The number of rotatable bonds is 7. The standard InChI is InChI=1S/C21H24N4O2/c1-4-13-25(15-18-6-5-14-27-18)21(26)17-9-7-16(8-10-17)19-20(24(2)3)23-12-11-22-19/h5-12,14H,4,13,15H2,1-3H3. The summed E-state index contributed by atoms with van der Waals surface area (Å²) in [6, 6.07) is 11.2. The first-order valence-corrected chi connectivity index (χ1v) is 9.00. The molecule has 3 rings (SSSR count). The fourth-order valence-electron chi connectivity index (χ4n) is 2.93. The lowest BCUT2D eigenvalue weighted by molar-refractivity contribution is 0.0731. The van der Waals surface area contributed by atoms with Crippen molar-refractivity contribution in [2.24, 2.45) is 0 Å². The Morgan fingerprint density at radius 1 is 1.07 bits per heavy atom. The number of aromatic nitrogens is 2. The lowest BCUT2D eigenvalue weighted by Crippen LogP contribution is -2.31. The van der Waals surface area contributed by atoms with E-state index in [0.29, 0.717) is 18.7 Å². The van der Waals surface area contributed by atoms with E-state index in [1.54, 1.807) is 23.6 Å². The molecule has 0 aliphatic carbocycles. The van der Waals surface area contributed by atoms with Gasteiger partial charge in [0.15, 0.2) is 5.82 Å². The SMILES string of the molecule is CCCN(Cc1ccco1)C(=O)c1ccc(-c2nccnc2N(C)C)cc1. The van der Waals surface area contributed by atoms with Crippen LogP contribution in [0.3, 0.4) is 0 Å². The molecule has 0 N–H and O–H groups in total. The van der Waals surface area contributed by atoms with E-state index < -0.39 is 0 Å². The van der Waals surface area contributed by atoms with Gasteiger partial charge in [-0.2, -0.15) is 0 Å². The van der Waals surface area contributed by atoms with E-state index in [9.17, 15) is 4.79 Å². The van der Waals surface area contributed by atoms with Gasteiger partial charge in [0.25, 0.3) is 5.91 Å². The first-order valence-electron chi connectivity index (χ1n) is 9.00. The highest BCUT2D eigenvalue weighted by Gasteiger charge is 2.17. The second-order valence-corrected chi connectivity index (χ2v) is 6.51. The summed E-state index contributed by atoms with van der Waals surface area (Å²) in [6.45, 7) is 3.20. The second-order valence-electron chi connectivity index (χ2n) is 6.51. The number of amides is 1. The summed E-state index contributed by atoms with van der Waals surface area (Å²) in [7, 11) is 3.87. The molecule has 0 spiro atoms. The first kappa shape index (κ1) is 18.6. The molecule has 0 saturated carbocycles. The van der Waals surface area contributed by atoms with Crippen molar-refractivity contribution in [3.05, 3.63) is 66.4 Å². The van der Waals surface area contributed by atoms with Gasteiger partial charge in [0.1, 0.15) is 11.5 Å². The largest absolute Gasteiger partial charge is 0.467 e. The van der Waals surface area contributed by atoms with Crippen molar-refractivity contribution < 1.29 is 9.21 Å². The van der Waals surface area contributed by atoms with Crippen molar-refractivity contribution in [1.29, 1.82) is 0 Å². The van der Waals surface area contributed by atoms with Crippen LogP contribution in [0.2, 0.25) is 0 Å². The Bertz CT molecular complexity index is 873. The van der Waals surface area contributed by atoms with Crippen molar-refractivity contribution in [2.75, 3.05) is 25.5 Å². The van der Waals surface area contributed by atoms with Gasteiger partial charge in [-0.15, -0.1) is 0 Å². The molecule has 3 aromatic rings. The summed E-state index contributed by atoms with van der Waals surface area (Å²) in [4.78, 5) is 25.5. The Balaban J connectivity index is 1.82. The molecule has 1 aromatic carbocycles. The molecule has 0 saturated heterocycles. The summed E-state index contributed by atoms with van der Waals surface area (Å²) in [6.07, 6.45) is 5.86. The Morgan fingerprint density at radius 2 is 1.81 bits per heavy atom. The molecule has 0 unspecified atom stereocenters. The lowest BCUT2D eigenvalue weighted by atomic mass is 10.1. The molecule has 2 heterocycles. The van der Waals surface area contributed by atoms with Gasteiger partial charge in [-0.05, 0) is 30.7 Å². The summed E-state index contributed by atoms with van der Waals surface area (Å²) in [5.74, 6) is 1.57. The lowest BCUT2D eigenvalue weighted by Gasteiger charge is -2.21. The number of furan rings is 1. The third-order valence-electron chi connectivity index (χ3n) is 4.22. The minimum Gasteiger partial charge on any atom is -0.467 e. The topological polar surface area (TPSA) is 62.5 Å². The van der Waals surface area contributed by atoms with E-state index in [2.05, 4.69) is 16.9 Å². The van der Waals surface area contributed by atoms with Crippen LogP contribution in [0.5, 0.6) is 0 Å². The van der Waals surface area contributed by atoms with Crippen molar-refractivity contribution >= 4 is 11.7 Å². The number of hydrogen-bond acceptors (Lipinski definition) is 5. The molecule has 1 amide bonds. The molecule has 0 aliphatic heterocycles. The normalized spacial score (nSPS) is 10.6. The maximum absolute atomic E-state index is 12.9. The summed E-state index contributed by atoms with van der Waals surface area (Å²) < 4.78 is 5.40. The molecule has 140 valence electrons. The Labute approximate surface area is 159 Å². The van der Waals surface area contributed by atoms with E-state index in [-0.39, 0.29) is 5.91 Å². The zero-order chi connectivity index (χ0) is 19.2. The quantitative estimate of drug-likeness (QED) is 0.637. The average Bonchev–Trinajstić information content (AvgIpc) is 3.20. The van der Waals surface area contributed by atoms with Gasteiger partial charge in [0, 0.05) is 44.2 Å². The van der Waals surface area contributed by atoms with Crippen molar-refractivity contribution in [3.63, 3.8) is 0 Å². The fourth-order valence-corrected chi connectivity index (χ4v) is 2.93. The Hall–Kier alpha value is -3.15. The number of benzene rings is 1. The maximum atomic E-state index is 12.9. The minimum absolute atomic E-state index is 0.00761. The van der Waals surface area contributed by atoms with Crippen molar-refractivity contribution in [3.8, 4) is 11.3 Å². The third-order valence-corrected chi connectivity index (χ3v) is 4.22. The summed E-state index contributed by atoms with van der Waals surface area (Å²) >= 11 is 0. The molecule has 0 radical (unpaired) electrons. The van der Waals surface area contributed by atoms with Crippen LogP contribution in [0.4, 0.5) is 5.82 Å². The molecule has 0 fully saturated rings. The van der Waals surface area contributed by atoms with Gasteiger partial charge in [0.2, 0.25) is 0 Å². The number of nitrogens with zero attached hydrogens (tertiary/aromatic N) is 4. The monoisotopic (exact) mass is 364 g/mol. The van der Waals surface area contributed by atoms with E-state index >= 15 is 0 Å². The zero-order valence-electron chi connectivity index (χ0n) is 15.9. The Morgan fingerprint density at radius 3 is 2.44 bits per heavy atom. The van der Waals surface area contributed by atoms with Crippen LogP contribution in [-0.4, -0.2) is 41.4 Å². The first-order chi connectivity index (χ1) is 13.1. The number of carbonyl (C=O) groups is 1. The minimum atomic E-state index is -0.00761. The third kappa shape index (κ3) is 4.34. The van der Waals surface area contributed by atoms with Crippen LogP contribution in [-0.2, 0) is 6.54 Å². The van der Waals surface area contributed by atoms with E-state index in [1.807, 2.05) is 55.4 Å². The maximum Gasteiger partial charge on any atom is 0.254 e. The van der Waals surface area contributed by atoms with Gasteiger partial charge in [-0.3, -0.25) is 9.78 Å². The van der Waals surface area contributed by atoms with Crippen LogP contribution in [0, 0.1) is 0 Å². The molecule has 2 aromatic heterocycles. The predicted molar refractivity (Wildman–Crippen MR) is 106 cm³/mol. The number of hydrogen-bond donors (Lipinski definition) is 0. The van der Waals surface area contributed by atoms with Gasteiger partial charge in [-0.25, -0.2) is 4.98 Å². The smallest absolute Gasteiger partial charge is 0.254 e. The summed E-state index contributed by atoms with van der Waals surface area (Å²) in [5.41, 5.74) is 2.37. The molecule has 0 atom stereocenters. The van der Waals surface area contributed by atoms with Crippen LogP contribution >= 0.6 is 0 Å². The van der Waals surface area contributed by atoms with Crippen LogP contribution in [0.1, 0.15) is 29.5 Å². The molecule has 6 nitrogen and oxygen atoms in total.